The van der Waals surface area contributed by atoms with Crippen LogP contribution >= 0.6 is 0 Å². The van der Waals surface area contributed by atoms with Gasteiger partial charge in [-0.1, -0.05) is 25.1 Å². The number of hydrogen-bond donors (Lipinski definition) is 1. The fourth-order valence-electron chi connectivity index (χ4n) is 3.41. The maximum Gasteiger partial charge on any atom is 0.243 e. The molecule has 3 rings (SSSR count). The van der Waals surface area contributed by atoms with Crippen molar-refractivity contribution in [1.82, 2.24) is 9.62 Å². The third kappa shape index (κ3) is 2.36. The van der Waals surface area contributed by atoms with Crippen molar-refractivity contribution in [3.05, 3.63) is 29.8 Å². The van der Waals surface area contributed by atoms with Gasteiger partial charge in [0.15, 0.2) is 0 Å². The van der Waals surface area contributed by atoms with E-state index >= 15 is 0 Å². The first-order chi connectivity index (χ1) is 9.91. The number of nitrogens with zero attached hydrogens (tertiary/aromatic N) is 1. The molecule has 0 aromatic heterocycles. The Bertz CT molecular complexity index is 671. The van der Waals surface area contributed by atoms with Crippen molar-refractivity contribution in [2.45, 2.75) is 18.7 Å². The zero-order valence-electron chi connectivity index (χ0n) is 12.2. The van der Waals surface area contributed by atoms with Crippen LogP contribution in [0.5, 0.6) is 0 Å². The predicted octanol–water partition coefficient (Wildman–Crippen LogP) is 0.998. The van der Waals surface area contributed by atoms with Crippen LogP contribution in [0.2, 0.25) is 0 Å². The van der Waals surface area contributed by atoms with Gasteiger partial charge in [0.05, 0.1) is 4.90 Å². The summed E-state index contributed by atoms with van der Waals surface area (Å²) in [7, 11) is -3.47. The lowest BCUT2D eigenvalue weighted by Crippen LogP contribution is -2.46. The van der Waals surface area contributed by atoms with Crippen molar-refractivity contribution in [3.8, 4) is 0 Å². The molecule has 2 fully saturated rings. The van der Waals surface area contributed by atoms with Crippen LogP contribution < -0.4 is 5.32 Å². The van der Waals surface area contributed by atoms with Crippen LogP contribution in [0.25, 0.3) is 0 Å². The molecule has 6 heteroatoms. The van der Waals surface area contributed by atoms with Crippen LogP contribution in [0, 0.1) is 24.7 Å². The second-order valence-electron chi connectivity index (χ2n) is 6.05. The number of benzene rings is 1. The van der Waals surface area contributed by atoms with Crippen molar-refractivity contribution in [3.63, 3.8) is 0 Å². The maximum atomic E-state index is 12.8. The van der Waals surface area contributed by atoms with Gasteiger partial charge in [0.25, 0.3) is 0 Å². The average Bonchev–Trinajstić information content (AvgIpc) is 2.89. The summed E-state index contributed by atoms with van der Waals surface area (Å²) in [6.07, 6.45) is 0. The Morgan fingerprint density at radius 3 is 2.67 bits per heavy atom. The minimum absolute atomic E-state index is 0.0337. The van der Waals surface area contributed by atoms with Gasteiger partial charge in [0.2, 0.25) is 15.9 Å². The van der Waals surface area contributed by atoms with Crippen molar-refractivity contribution < 1.29 is 13.2 Å². The summed E-state index contributed by atoms with van der Waals surface area (Å²) < 4.78 is 27.2. The normalized spacial score (nSPS) is 30.0. The van der Waals surface area contributed by atoms with E-state index in [9.17, 15) is 13.2 Å². The summed E-state index contributed by atoms with van der Waals surface area (Å²) >= 11 is 0. The van der Waals surface area contributed by atoms with Crippen molar-refractivity contribution >= 4 is 15.9 Å². The largest absolute Gasteiger partial charge is 0.356 e. The molecule has 0 radical (unpaired) electrons. The molecule has 1 aromatic rings. The standard InChI is InChI=1S/C15H20N2O3S/c1-10-5-3-4-6-14(10)21(19,20)17-8-12-7-16-15(18)11(2)13(12)9-17/h3-6,11-13H,7-9H2,1-2H3,(H,16,18)/t11-,12+,13+/m1/s1. The molecule has 21 heavy (non-hydrogen) atoms. The molecule has 1 N–H and O–H groups in total. The molecule has 2 saturated heterocycles. The van der Waals surface area contributed by atoms with Crippen molar-refractivity contribution in [2.75, 3.05) is 19.6 Å². The monoisotopic (exact) mass is 308 g/mol. The van der Waals surface area contributed by atoms with Gasteiger partial charge in [-0.25, -0.2) is 8.42 Å². The van der Waals surface area contributed by atoms with E-state index in [2.05, 4.69) is 5.32 Å². The van der Waals surface area contributed by atoms with Gasteiger partial charge in [0.1, 0.15) is 0 Å². The molecule has 1 amide bonds. The van der Waals surface area contributed by atoms with Crippen molar-refractivity contribution in [1.29, 1.82) is 0 Å². The molecule has 2 aliphatic rings. The zero-order chi connectivity index (χ0) is 15.2. The number of carbonyl (C=O) groups excluding carboxylic acids is 1. The Morgan fingerprint density at radius 1 is 1.24 bits per heavy atom. The Balaban J connectivity index is 1.89. The summed E-state index contributed by atoms with van der Waals surface area (Å²) in [5.74, 6) is 0.251. The molecular formula is C15H20N2O3S. The summed E-state index contributed by atoms with van der Waals surface area (Å²) in [5, 5.41) is 2.87. The van der Waals surface area contributed by atoms with E-state index in [0.717, 1.165) is 5.56 Å². The number of carbonyl (C=O) groups is 1. The second kappa shape index (κ2) is 5.10. The van der Waals surface area contributed by atoms with E-state index in [1.165, 1.54) is 0 Å². The fraction of sp³-hybridized carbons (Fsp3) is 0.533. The number of nitrogens with one attached hydrogen (secondary N) is 1. The highest BCUT2D eigenvalue weighted by atomic mass is 32.2. The van der Waals surface area contributed by atoms with E-state index in [1.54, 1.807) is 16.4 Å². The molecule has 3 atom stereocenters. The van der Waals surface area contributed by atoms with Gasteiger partial charge < -0.3 is 5.32 Å². The highest BCUT2D eigenvalue weighted by Crippen LogP contribution is 2.35. The number of aryl methyl sites for hydroxylation is 1. The molecule has 1 aromatic carbocycles. The van der Waals surface area contributed by atoms with Gasteiger partial charge in [-0.15, -0.1) is 0 Å². The quantitative estimate of drug-likeness (QED) is 0.886. The Morgan fingerprint density at radius 2 is 1.95 bits per heavy atom. The maximum absolute atomic E-state index is 12.8. The SMILES string of the molecule is Cc1ccccc1S(=O)(=O)N1C[C@@H]2CNC(=O)[C@H](C)[C@@H]2C1. The molecular weight excluding hydrogens is 288 g/mol. The lowest BCUT2D eigenvalue weighted by Gasteiger charge is -2.29. The van der Waals surface area contributed by atoms with Crippen LogP contribution in [-0.2, 0) is 14.8 Å². The average molecular weight is 308 g/mol. The van der Waals surface area contributed by atoms with Crippen LogP contribution in [-0.4, -0.2) is 38.3 Å². The van der Waals surface area contributed by atoms with Gasteiger partial charge >= 0.3 is 0 Å². The van der Waals surface area contributed by atoms with Crippen LogP contribution in [0.1, 0.15) is 12.5 Å². The fourth-order valence-corrected chi connectivity index (χ4v) is 5.17. The topological polar surface area (TPSA) is 66.5 Å². The summed E-state index contributed by atoms with van der Waals surface area (Å²) in [6.45, 7) is 5.20. The van der Waals surface area contributed by atoms with Gasteiger partial charge in [-0.05, 0) is 30.4 Å². The van der Waals surface area contributed by atoms with Crippen LogP contribution in [0.3, 0.4) is 0 Å². The number of rotatable bonds is 2. The minimum Gasteiger partial charge on any atom is -0.356 e. The minimum atomic E-state index is -3.47. The summed E-state index contributed by atoms with van der Waals surface area (Å²) in [5.41, 5.74) is 0.759. The number of piperidine rings is 1. The number of fused-ring (bicyclic) bond motifs is 1. The molecule has 5 nitrogen and oxygen atoms in total. The summed E-state index contributed by atoms with van der Waals surface area (Å²) in [4.78, 5) is 12.1. The molecule has 0 saturated carbocycles. The van der Waals surface area contributed by atoms with E-state index < -0.39 is 10.0 Å². The van der Waals surface area contributed by atoms with Gasteiger partial charge in [-0.3, -0.25) is 4.79 Å². The first kappa shape index (κ1) is 14.5. The van der Waals surface area contributed by atoms with E-state index in [1.807, 2.05) is 26.0 Å². The lowest BCUT2D eigenvalue weighted by molar-refractivity contribution is -0.128. The van der Waals surface area contributed by atoms with Gasteiger partial charge in [-0.2, -0.15) is 4.31 Å². The molecule has 0 bridgehead atoms. The Hall–Kier alpha value is -1.40. The molecule has 114 valence electrons. The molecule has 0 unspecified atom stereocenters. The van der Waals surface area contributed by atoms with E-state index in [0.29, 0.717) is 24.5 Å². The molecule has 0 spiro atoms. The highest BCUT2D eigenvalue weighted by Gasteiger charge is 2.45. The van der Waals surface area contributed by atoms with Crippen LogP contribution in [0.15, 0.2) is 29.2 Å². The number of amides is 1. The third-order valence-electron chi connectivity index (χ3n) is 4.76. The van der Waals surface area contributed by atoms with Crippen molar-refractivity contribution in [2.24, 2.45) is 17.8 Å². The number of hydrogen-bond acceptors (Lipinski definition) is 3. The Labute approximate surface area is 125 Å². The third-order valence-corrected chi connectivity index (χ3v) is 6.76. The van der Waals surface area contributed by atoms with Gasteiger partial charge in [0, 0.05) is 25.6 Å². The first-order valence-corrected chi connectivity index (χ1v) is 8.69. The molecule has 2 aliphatic heterocycles. The molecule has 0 aliphatic carbocycles. The molecule has 2 heterocycles. The lowest BCUT2D eigenvalue weighted by atomic mass is 9.81. The van der Waals surface area contributed by atoms with Crippen LogP contribution in [0.4, 0.5) is 0 Å². The second-order valence-corrected chi connectivity index (χ2v) is 7.95. The van der Waals surface area contributed by atoms with E-state index in [4.69, 9.17) is 0 Å². The Kier molecular flexibility index (Phi) is 3.53. The predicted molar refractivity (Wildman–Crippen MR) is 79.1 cm³/mol. The summed E-state index contributed by atoms with van der Waals surface area (Å²) in [6, 6.07) is 7.04. The first-order valence-electron chi connectivity index (χ1n) is 7.24. The number of sulfonamides is 1. The van der Waals surface area contributed by atoms with E-state index in [-0.39, 0.29) is 23.7 Å². The zero-order valence-corrected chi connectivity index (χ0v) is 13.1. The smallest absolute Gasteiger partial charge is 0.243 e. The highest BCUT2D eigenvalue weighted by molar-refractivity contribution is 7.89.